The minimum Gasteiger partial charge on any atom is -0.494 e. The largest absolute Gasteiger partial charge is 0.494 e. The summed E-state index contributed by atoms with van der Waals surface area (Å²) in [6.07, 6.45) is 8.73. The fourth-order valence-corrected chi connectivity index (χ4v) is 3.31. The van der Waals surface area contributed by atoms with Gasteiger partial charge in [-0.05, 0) is 43.5 Å². The van der Waals surface area contributed by atoms with Gasteiger partial charge in [0.15, 0.2) is 0 Å². The van der Waals surface area contributed by atoms with Crippen molar-refractivity contribution in [2.45, 2.75) is 46.5 Å². The van der Waals surface area contributed by atoms with E-state index in [1.165, 1.54) is 30.4 Å². The number of hydrogen-bond donors (Lipinski definition) is 0. The van der Waals surface area contributed by atoms with E-state index in [2.05, 4.69) is 48.5 Å². The molecule has 0 amide bonds. The van der Waals surface area contributed by atoms with Crippen molar-refractivity contribution >= 4 is 0 Å². The molecule has 0 atom stereocenters. The van der Waals surface area contributed by atoms with E-state index in [4.69, 9.17) is 4.74 Å². The maximum Gasteiger partial charge on any atom is 0.119 e. The summed E-state index contributed by atoms with van der Waals surface area (Å²) in [5, 5.41) is 0. The predicted octanol–water partition coefficient (Wildman–Crippen LogP) is 5.91. The van der Waals surface area contributed by atoms with Gasteiger partial charge in [-0.2, -0.15) is 0 Å². The van der Waals surface area contributed by atoms with E-state index >= 15 is 0 Å². The van der Waals surface area contributed by atoms with Crippen LogP contribution in [0.2, 0.25) is 0 Å². The van der Waals surface area contributed by atoms with Crippen LogP contribution in [-0.4, -0.2) is 16.2 Å². The van der Waals surface area contributed by atoms with Gasteiger partial charge in [-0.25, -0.2) is 0 Å². The van der Waals surface area contributed by atoms with Crippen LogP contribution in [0.1, 0.15) is 43.7 Å². The van der Waals surface area contributed by atoms with E-state index in [0.717, 1.165) is 35.9 Å². The van der Waals surface area contributed by atoms with Crippen molar-refractivity contribution in [3.63, 3.8) is 0 Å². The van der Waals surface area contributed by atoms with Crippen molar-refractivity contribution in [1.82, 2.24) is 9.55 Å². The Labute approximate surface area is 176 Å². The molecule has 0 N–H and O–H groups in total. The monoisotopic (exact) mass is 540 g/mol. The third-order valence-corrected chi connectivity index (χ3v) is 4.56. The van der Waals surface area contributed by atoms with Crippen LogP contribution in [0.4, 0.5) is 0 Å². The first-order valence-corrected chi connectivity index (χ1v) is 9.45. The van der Waals surface area contributed by atoms with E-state index in [0.29, 0.717) is 0 Å². The molecule has 1 heterocycles. The van der Waals surface area contributed by atoms with Gasteiger partial charge in [0.1, 0.15) is 5.75 Å². The first-order chi connectivity index (χ1) is 12.7. The molecule has 3 aromatic rings. The molecular formula is C23H27IrN2O-. The molecule has 3 nitrogen and oxygen atoms in total. The molecule has 4 heteroatoms. The molecular weight excluding hydrogens is 512 g/mol. The van der Waals surface area contributed by atoms with Gasteiger partial charge in [0.05, 0.1) is 12.4 Å². The van der Waals surface area contributed by atoms with E-state index in [1.54, 1.807) is 0 Å². The molecule has 1 aromatic heterocycles. The van der Waals surface area contributed by atoms with E-state index in [9.17, 15) is 0 Å². The van der Waals surface area contributed by atoms with Crippen molar-refractivity contribution < 1.29 is 24.8 Å². The third kappa shape index (κ3) is 5.31. The van der Waals surface area contributed by atoms with Crippen LogP contribution in [0.25, 0.3) is 17.1 Å². The molecule has 0 fully saturated rings. The quantitative estimate of drug-likeness (QED) is 0.263. The predicted molar refractivity (Wildman–Crippen MR) is 107 cm³/mol. The van der Waals surface area contributed by atoms with Crippen molar-refractivity contribution in [1.29, 1.82) is 0 Å². The van der Waals surface area contributed by atoms with Crippen LogP contribution in [0.15, 0.2) is 48.8 Å². The van der Waals surface area contributed by atoms with Gasteiger partial charge < -0.3 is 9.30 Å². The molecule has 1 radical (unpaired) electrons. The Kier molecular flexibility index (Phi) is 8.27. The summed E-state index contributed by atoms with van der Waals surface area (Å²) < 4.78 is 8.11. The van der Waals surface area contributed by atoms with Crippen molar-refractivity contribution in [2.24, 2.45) is 0 Å². The number of rotatable bonds is 8. The summed E-state index contributed by atoms with van der Waals surface area (Å²) >= 11 is 0. The zero-order chi connectivity index (χ0) is 18.4. The van der Waals surface area contributed by atoms with Crippen LogP contribution in [0, 0.1) is 19.9 Å². The van der Waals surface area contributed by atoms with Gasteiger partial charge in [-0.15, -0.1) is 35.9 Å². The Balaban J connectivity index is 0.00000261. The number of unbranched alkanes of at least 4 members (excludes halogenated alkanes) is 3. The van der Waals surface area contributed by atoms with E-state index in [1.807, 2.05) is 36.7 Å². The van der Waals surface area contributed by atoms with Gasteiger partial charge in [0.25, 0.3) is 0 Å². The normalized spacial score (nSPS) is 10.5. The second-order valence-electron chi connectivity index (χ2n) is 6.71. The Morgan fingerprint density at radius 1 is 1.07 bits per heavy atom. The molecule has 145 valence electrons. The maximum absolute atomic E-state index is 5.97. The van der Waals surface area contributed by atoms with Crippen LogP contribution in [-0.2, 0) is 20.1 Å². The Bertz CT molecular complexity index is 820. The summed E-state index contributed by atoms with van der Waals surface area (Å²) in [4.78, 5) is 4.55. The molecule has 0 aliphatic rings. The minimum absolute atomic E-state index is 0. The first kappa shape index (κ1) is 21.4. The van der Waals surface area contributed by atoms with Gasteiger partial charge in [-0.1, -0.05) is 26.2 Å². The molecule has 0 bridgehead atoms. The van der Waals surface area contributed by atoms with E-state index < -0.39 is 0 Å². The molecule has 0 aliphatic heterocycles. The molecule has 3 rings (SSSR count). The summed E-state index contributed by atoms with van der Waals surface area (Å²) in [5.74, 6) is 1.86. The average molecular weight is 540 g/mol. The summed E-state index contributed by atoms with van der Waals surface area (Å²) in [7, 11) is 0. The Morgan fingerprint density at radius 2 is 1.85 bits per heavy atom. The van der Waals surface area contributed by atoms with Crippen LogP contribution in [0.3, 0.4) is 0 Å². The van der Waals surface area contributed by atoms with Crippen molar-refractivity contribution in [2.75, 3.05) is 6.61 Å². The average Bonchev–Trinajstić information content (AvgIpc) is 3.11. The summed E-state index contributed by atoms with van der Waals surface area (Å²) in [5.41, 5.74) is 4.52. The zero-order valence-electron chi connectivity index (χ0n) is 16.3. The number of hydrogen-bond acceptors (Lipinski definition) is 2. The zero-order valence-corrected chi connectivity index (χ0v) is 18.7. The fraction of sp³-hybridized carbons (Fsp3) is 0.348. The van der Waals surface area contributed by atoms with Crippen LogP contribution < -0.4 is 4.74 Å². The van der Waals surface area contributed by atoms with Crippen LogP contribution in [0.5, 0.6) is 5.75 Å². The van der Waals surface area contributed by atoms with Gasteiger partial charge in [0, 0.05) is 38.2 Å². The fourth-order valence-electron chi connectivity index (χ4n) is 3.31. The number of benzene rings is 2. The second-order valence-corrected chi connectivity index (χ2v) is 6.71. The topological polar surface area (TPSA) is 27.1 Å². The standard InChI is InChI=1S/C23H27N2O.Ir/c1-4-5-6-10-15-26-21-16-18(2)22(19(3)17-21)25-14-13-24-23(25)20-11-8-7-9-12-20;/h7-9,11,13-14,16-17H,4-6,10,15H2,1-3H3;/q-1;. The Hall–Kier alpha value is -1.90. The molecule has 0 spiro atoms. The second kappa shape index (κ2) is 10.4. The third-order valence-electron chi connectivity index (χ3n) is 4.56. The number of aryl methyl sites for hydroxylation is 2. The van der Waals surface area contributed by atoms with Gasteiger partial charge >= 0.3 is 0 Å². The number of imidazole rings is 1. The SMILES string of the molecule is CCCCCCOc1cc(C)c(-n2ccnc2-c2[c-]cccc2)c(C)c1.[Ir]. The molecule has 0 aliphatic carbocycles. The summed E-state index contributed by atoms with van der Waals surface area (Å²) in [6.45, 7) is 7.27. The van der Waals surface area contributed by atoms with Crippen molar-refractivity contribution in [3.05, 3.63) is 66.0 Å². The van der Waals surface area contributed by atoms with Crippen molar-refractivity contribution in [3.8, 4) is 22.8 Å². The molecule has 0 saturated heterocycles. The maximum atomic E-state index is 5.97. The Morgan fingerprint density at radius 3 is 2.52 bits per heavy atom. The van der Waals surface area contributed by atoms with Gasteiger partial charge in [-0.3, -0.25) is 4.98 Å². The minimum atomic E-state index is 0. The number of ether oxygens (including phenoxy) is 1. The summed E-state index contributed by atoms with van der Waals surface area (Å²) in [6, 6.07) is 15.5. The number of aromatic nitrogens is 2. The first-order valence-electron chi connectivity index (χ1n) is 9.45. The smallest absolute Gasteiger partial charge is 0.119 e. The van der Waals surface area contributed by atoms with Gasteiger partial charge in [0.2, 0.25) is 0 Å². The molecule has 2 aromatic carbocycles. The van der Waals surface area contributed by atoms with Crippen LogP contribution >= 0.6 is 0 Å². The number of nitrogens with zero attached hydrogens (tertiary/aromatic N) is 2. The molecule has 0 saturated carbocycles. The molecule has 0 unspecified atom stereocenters. The van der Waals surface area contributed by atoms with E-state index in [-0.39, 0.29) is 20.1 Å². The molecule has 27 heavy (non-hydrogen) atoms.